The number of guanidine groups is 1. The number of carboxylic acids is 2. The standard InChI is InChI=1S/C29H48N8O10/c1-2-14-47-29(46)37-18(10-6-7-13-33-28(31)32)25(43)34-19(11-12-22(38)39)26(44)36-21(16-23(40)41)27(45)35-20(24(30)42)15-17-8-4-3-5-9-17/h2,17-21H,1,3-16H2,(H2,30,42)(H,34,43)(H,35,45)(H,36,44)(H,37,46)(H,38,39)(H,40,41)(H4,31,32,33)/t18-,19-,20-,21+/m0/s1. The van der Waals surface area contributed by atoms with Crippen LogP contribution in [0.3, 0.4) is 0 Å². The molecule has 0 radical (unpaired) electrons. The van der Waals surface area contributed by atoms with Gasteiger partial charge in [-0.3, -0.25) is 33.8 Å². The van der Waals surface area contributed by atoms with Crippen LogP contribution in [0.1, 0.15) is 77.0 Å². The van der Waals surface area contributed by atoms with Crippen molar-refractivity contribution in [1.29, 1.82) is 0 Å². The molecule has 47 heavy (non-hydrogen) atoms. The summed E-state index contributed by atoms with van der Waals surface area (Å²) in [6.45, 7) is 3.52. The highest BCUT2D eigenvalue weighted by molar-refractivity contribution is 5.96. The Labute approximate surface area is 272 Å². The highest BCUT2D eigenvalue weighted by Crippen LogP contribution is 2.27. The molecule has 1 rings (SSSR count). The van der Waals surface area contributed by atoms with Gasteiger partial charge in [0.2, 0.25) is 23.6 Å². The van der Waals surface area contributed by atoms with Gasteiger partial charge in [0, 0.05) is 13.0 Å². The third-order valence-corrected chi connectivity index (χ3v) is 7.38. The van der Waals surface area contributed by atoms with Crippen LogP contribution in [0.4, 0.5) is 4.79 Å². The first-order valence-corrected chi connectivity index (χ1v) is 15.5. The minimum Gasteiger partial charge on any atom is -0.481 e. The van der Waals surface area contributed by atoms with Crippen LogP contribution in [0, 0.1) is 5.92 Å². The van der Waals surface area contributed by atoms with Crippen LogP contribution in [0.5, 0.6) is 0 Å². The number of ether oxygens (including phenoxy) is 1. The number of alkyl carbamates (subject to hydrolysis) is 1. The summed E-state index contributed by atoms with van der Waals surface area (Å²) < 4.78 is 4.88. The summed E-state index contributed by atoms with van der Waals surface area (Å²) >= 11 is 0. The van der Waals surface area contributed by atoms with E-state index in [2.05, 4.69) is 32.8 Å². The monoisotopic (exact) mass is 668 g/mol. The van der Waals surface area contributed by atoms with Gasteiger partial charge in [0.05, 0.1) is 6.42 Å². The quantitative estimate of drug-likeness (QED) is 0.0289. The highest BCUT2D eigenvalue weighted by Gasteiger charge is 2.33. The van der Waals surface area contributed by atoms with Crippen molar-refractivity contribution in [2.45, 2.75) is 101 Å². The SMILES string of the molecule is C=CCOC(=O)N[C@@H](CCCCN=C(N)N)C(=O)N[C@@H](CCC(=O)O)C(=O)N[C@H](CC(=O)O)C(=O)N[C@@H](CC1CCCCC1)C(N)=O. The van der Waals surface area contributed by atoms with Crippen molar-refractivity contribution < 1.29 is 48.5 Å². The van der Waals surface area contributed by atoms with Gasteiger partial charge in [-0.05, 0) is 38.0 Å². The minimum absolute atomic E-state index is 0.0435. The lowest BCUT2D eigenvalue weighted by Gasteiger charge is -2.27. The van der Waals surface area contributed by atoms with Crippen LogP contribution in [0.2, 0.25) is 0 Å². The van der Waals surface area contributed by atoms with Crippen LogP contribution in [0.25, 0.3) is 0 Å². The first kappa shape index (κ1) is 40.1. The van der Waals surface area contributed by atoms with Gasteiger partial charge in [0.1, 0.15) is 30.8 Å². The molecule has 0 unspecified atom stereocenters. The molecule has 1 aliphatic rings. The number of rotatable bonds is 22. The van der Waals surface area contributed by atoms with Gasteiger partial charge >= 0.3 is 18.0 Å². The number of hydrogen-bond donors (Lipinski definition) is 9. The Morgan fingerprint density at radius 2 is 1.36 bits per heavy atom. The lowest BCUT2D eigenvalue weighted by atomic mass is 9.84. The molecular formula is C29H48N8O10. The van der Waals surface area contributed by atoms with Gasteiger partial charge in [0.15, 0.2) is 5.96 Å². The number of nitrogens with two attached hydrogens (primary N) is 3. The fourth-order valence-corrected chi connectivity index (χ4v) is 5.00. The van der Waals surface area contributed by atoms with Crippen LogP contribution >= 0.6 is 0 Å². The van der Waals surface area contributed by atoms with Crippen LogP contribution < -0.4 is 38.5 Å². The molecule has 0 aromatic rings. The van der Waals surface area contributed by atoms with E-state index in [9.17, 15) is 43.8 Å². The zero-order valence-corrected chi connectivity index (χ0v) is 26.4. The molecule has 0 aromatic carbocycles. The molecule has 4 atom stereocenters. The Kier molecular flexibility index (Phi) is 18.6. The number of carboxylic acid groups (broad SMARTS) is 2. The number of carbonyl (C=O) groups is 7. The first-order valence-electron chi connectivity index (χ1n) is 15.5. The summed E-state index contributed by atoms with van der Waals surface area (Å²) in [4.78, 5) is 90.8. The first-order chi connectivity index (χ1) is 22.2. The number of carbonyl (C=O) groups excluding carboxylic acids is 5. The number of amides is 5. The minimum atomic E-state index is -1.70. The maximum Gasteiger partial charge on any atom is 0.408 e. The molecule has 18 heteroatoms. The summed E-state index contributed by atoms with van der Waals surface area (Å²) in [7, 11) is 0. The fraction of sp³-hybridized carbons (Fsp3) is 0.655. The molecule has 5 amide bonds. The Hall–Kier alpha value is -4.90. The second kappa shape index (κ2) is 21.8. The largest absolute Gasteiger partial charge is 0.481 e. The van der Waals surface area contributed by atoms with E-state index in [-0.39, 0.29) is 37.9 Å². The Balaban J connectivity index is 3.11. The number of unbranched alkanes of at least 4 members (excludes halogenated alkanes) is 1. The molecule has 264 valence electrons. The van der Waals surface area contributed by atoms with Crippen molar-refractivity contribution in [2.75, 3.05) is 13.2 Å². The maximum atomic E-state index is 13.3. The molecule has 0 spiro atoms. The number of aliphatic carboxylic acids is 2. The predicted molar refractivity (Wildman–Crippen MR) is 168 cm³/mol. The lowest BCUT2D eigenvalue weighted by molar-refractivity contribution is -0.141. The summed E-state index contributed by atoms with van der Waals surface area (Å²) in [6.07, 6.45) is 4.17. The van der Waals surface area contributed by atoms with Gasteiger partial charge in [-0.1, -0.05) is 44.8 Å². The third-order valence-electron chi connectivity index (χ3n) is 7.38. The zero-order chi connectivity index (χ0) is 35.4. The fourth-order valence-electron chi connectivity index (χ4n) is 5.00. The molecule has 0 aromatic heterocycles. The number of nitrogens with zero attached hydrogens (tertiary/aromatic N) is 1. The van der Waals surface area contributed by atoms with Crippen molar-refractivity contribution in [1.82, 2.24) is 21.3 Å². The summed E-state index contributed by atoms with van der Waals surface area (Å²) in [5.41, 5.74) is 16.1. The van der Waals surface area contributed by atoms with Crippen LogP contribution in [-0.2, 0) is 33.5 Å². The molecule has 1 aliphatic carbocycles. The maximum absolute atomic E-state index is 13.3. The van der Waals surface area contributed by atoms with E-state index in [0.717, 1.165) is 32.1 Å². The van der Waals surface area contributed by atoms with Crippen molar-refractivity contribution in [3.05, 3.63) is 12.7 Å². The Morgan fingerprint density at radius 1 is 0.787 bits per heavy atom. The number of aliphatic imine (C=N–C) groups is 1. The van der Waals surface area contributed by atoms with E-state index in [1.807, 2.05) is 0 Å². The summed E-state index contributed by atoms with van der Waals surface area (Å²) in [5, 5.41) is 28.1. The molecule has 1 saturated carbocycles. The summed E-state index contributed by atoms with van der Waals surface area (Å²) in [6, 6.07) is -5.62. The summed E-state index contributed by atoms with van der Waals surface area (Å²) in [5.74, 6) is -6.51. The van der Waals surface area contributed by atoms with Crippen molar-refractivity contribution in [3.63, 3.8) is 0 Å². The average Bonchev–Trinajstić information content (AvgIpc) is 3.00. The molecule has 18 nitrogen and oxygen atoms in total. The average molecular weight is 669 g/mol. The molecule has 0 bridgehead atoms. The van der Waals surface area contributed by atoms with Crippen molar-refractivity contribution in [2.24, 2.45) is 28.1 Å². The third kappa shape index (κ3) is 17.4. The van der Waals surface area contributed by atoms with E-state index < -0.39 is 85.1 Å². The number of nitrogens with one attached hydrogen (secondary N) is 4. The van der Waals surface area contributed by atoms with E-state index in [0.29, 0.717) is 12.8 Å². The zero-order valence-electron chi connectivity index (χ0n) is 26.4. The van der Waals surface area contributed by atoms with Gasteiger partial charge in [-0.15, -0.1) is 0 Å². The van der Waals surface area contributed by atoms with E-state index in [4.69, 9.17) is 21.9 Å². The molecule has 0 aliphatic heterocycles. The van der Waals surface area contributed by atoms with Crippen molar-refractivity contribution >= 4 is 47.6 Å². The molecule has 12 N–H and O–H groups in total. The second-order valence-corrected chi connectivity index (χ2v) is 11.2. The van der Waals surface area contributed by atoms with Gasteiger partial charge in [-0.25, -0.2) is 4.79 Å². The number of hydrogen-bond acceptors (Lipinski definition) is 9. The van der Waals surface area contributed by atoms with E-state index in [1.165, 1.54) is 6.08 Å². The van der Waals surface area contributed by atoms with E-state index >= 15 is 0 Å². The Bertz CT molecular complexity index is 1140. The lowest BCUT2D eigenvalue weighted by Crippen LogP contribution is -2.58. The van der Waals surface area contributed by atoms with Crippen LogP contribution in [0.15, 0.2) is 17.6 Å². The van der Waals surface area contributed by atoms with E-state index in [1.54, 1.807) is 0 Å². The normalized spacial score (nSPS) is 15.4. The smallest absolute Gasteiger partial charge is 0.408 e. The van der Waals surface area contributed by atoms with Gasteiger partial charge in [0.25, 0.3) is 0 Å². The Morgan fingerprint density at radius 3 is 1.91 bits per heavy atom. The topological polar surface area (TPSA) is 308 Å². The van der Waals surface area contributed by atoms with Crippen LogP contribution in [-0.4, -0.2) is 95.2 Å². The van der Waals surface area contributed by atoms with Gasteiger partial charge in [-0.2, -0.15) is 0 Å². The molecular weight excluding hydrogens is 620 g/mol. The predicted octanol–water partition coefficient (Wildman–Crippen LogP) is -1.04. The molecule has 0 heterocycles. The second-order valence-electron chi connectivity index (χ2n) is 11.2. The van der Waals surface area contributed by atoms with Crippen molar-refractivity contribution in [3.8, 4) is 0 Å². The highest BCUT2D eigenvalue weighted by atomic mass is 16.5. The molecule has 1 fully saturated rings. The molecule has 0 saturated heterocycles. The number of primary amides is 1. The van der Waals surface area contributed by atoms with Gasteiger partial charge < -0.3 is 53.4 Å².